The number of allylic oxidation sites excluding steroid dienone is 1. The molecule has 126 valence electrons. The number of methoxy groups -OCH3 is 1. The predicted octanol–water partition coefficient (Wildman–Crippen LogP) is 3.04. The Morgan fingerprint density at radius 2 is 1.80 bits per heavy atom. The number of benzene rings is 2. The number of rotatable bonds is 5. The first-order valence-corrected chi connectivity index (χ1v) is 7.47. The summed E-state index contributed by atoms with van der Waals surface area (Å²) in [4.78, 5) is 23.9. The van der Waals surface area contributed by atoms with Crippen molar-refractivity contribution in [1.82, 2.24) is 0 Å². The van der Waals surface area contributed by atoms with Gasteiger partial charge in [-0.2, -0.15) is 0 Å². The lowest BCUT2D eigenvalue weighted by atomic mass is 10.1. The average molecular weight is 337 g/mol. The van der Waals surface area contributed by atoms with Crippen LogP contribution >= 0.6 is 0 Å². The molecule has 3 rings (SSSR count). The van der Waals surface area contributed by atoms with E-state index in [0.717, 1.165) is 0 Å². The standard InChI is InChI=1S/C19H15NO5/c1-24-14-10-6-5-7-12(14)11-15-17(21)16(19(22)23)18(25-15)20-13-8-3-2-4-9-13/h2-11,20H,1H3,(H,22,23)/b15-11-. The molecule has 2 aromatic carbocycles. The largest absolute Gasteiger partial charge is 0.496 e. The van der Waals surface area contributed by atoms with Crippen LogP contribution in [0.15, 0.2) is 71.8 Å². The number of carboxylic acid groups (broad SMARTS) is 1. The van der Waals surface area contributed by atoms with Gasteiger partial charge in [-0.25, -0.2) is 4.79 Å². The number of nitrogens with one attached hydrogen (secondary N) is 1. The Morgan fingerprint density at radius 1 is 1.12 bits per heavy atom. The molecular formula is C19H15NO5. The molecule has 0 atom stereocenters. The summed E-state index contributed by atoms with van der Waals surface area (Å²) in [5.74, 6) is -1.69. The van der Waals surface area contributed by atoms with Crippen LogP contribution in [0.25, 0.3) is 6.08 Å². The molecule has 0 aliphatic carbocycles. The third-order valence-corrected chi connectivity index (χ3v) is 3.56. The molecule has 0 amide bonds. The van der Waals surface area contributed by atoms with Crippen molar-refractivity contribution in [2.75, 3.05) is 12.4 Å². The molecule has 0 aromatic heterocycles. The summed E-state index contributed by atoms with van der Waals surface area (Å²) in [7, 11) is 1.51. The Hall–Kier alpha value is -3.54. The molecule has 0 saturated heterocycles. The van der Waals surface area contributed by atoms with Crippen LogP contribution in [0.2, 0.25) is 0 Å². The summed E-state index contributed by atoms with van der Waals surface area (Å²) in [6, 6.07) is 15.9. The van der Waals surface area contributed by atoms with Gasteiger partial charge in [-0.05, 0) is 24.3 Å². The van der Waals surface area contributed by atoms with Gasteiger partial charge in [0.25, 0.3) is 0 Å². The fourth-order valence-corrected chi connectivity index (χ4v) is 2.39. The van der Waals surface area contributed by atoms with Crippen molar-refractivity contribution in [2.45, 2.75) is 0 Å². The third-order valence-electron chi connectivity index (χ3n) is 3.56. The number of hydrogen-bond donors (Lipinski definition) is 2. The van der Waals surface area contributed by atoms with E-state index in [4.69, 9.17) is 9.47 Å². The molecule has 0 unspecified atom stereocenters. The monoisotopic (exact) mass is 337 g/mol. The molecule has 6 heteroatoms. The molecule has 1 aliphatic heterocycles. The van der Waals surface area contributed by atoms with Crippen LogP contribution in [-0.2, 0) is 14.3 Å². The van der Waals surface area contributed by atoms with Gasteiger partial charge in [-0.15, -0.1) is 0 Å². The summed E-state index contributed by atoms with van der Waals surface area (Å²) in [5.41, 5.74) is 0.784. The molecule has 2 aromatic rings. The SMILES string of the molecule is COc1ccccc1/C=C1\OC(Nc2ccccc2)=C(C(=O)O)C1=O. The fraction of sp³-hybridized carbons (Fsp3) is 0.0526. The highest BCUT2D eigenvalue weighted by Gasteiger charge is 2.36. The molecule has 0 radical (unpaired) electrons. The maximum atomic E-state index is 12.4. The second-order valence-corrected chi connectivity index (χ2v) is 5.18. The van der Waals surface area contributed by atoms with Gasteiger partial charge in [-0.1, -0.05) is 36.4 Å². The molecule has 2 N–H and O–H groups in total. The van der Waals surface area contributed by atoms with Crippen molar-refractivity contribution in [3.8, 4) is 5.75 Å². The predicted molar refractivity (Wildman–Crippen MR) is 91.8 cm³/mol. The molecule has 0 saturated carbocycles. The average Bonchev–Trinajstić information content (AvgIpc) is 2.91. The Morgan fingerprint density at radius 3 is 2.48 bits per heavy atom. The lowest BCUT2D eigenvalue weighted by molar-refractivity contribution is -0.134. The van der Waals surface area contributed by atoms with E-state index < -0.39 is 17.3 Å². The van der Waals surface area contributed by atoms with E-state index >= 15 is 0 Å². The zero-order valence-electron chi connectivity index (χ0n) is 13.4. The van der Waals surface area contributed by atoms with Crippen LogP contribution in [0.1, 0.15) is 5.56 Å². The smallest absolute Gasteiger partial charge is 0.345 e. The van der Waals surface area contributed by atoms with Crippen molar-refractivity contribution in [3.05, 3.63) is 77.4 Å². The highest BCUT2D eigenvalue weighted by Crippen LogP contribution is 2.30. The topological polar surface area (TPSA) is 84.9 Å². The Balaban J connectivity index is 1.95. The number of aliphatic carboxylic acids is 1. The van der Waals surface area contributed by atoms with Gasteiger partial charge in [0.05, 0.1) is 7.11 Å². The molecule has 1 heterocycles. The van der Waals surface area contributed by atoms with Crippen LogP contribution < -0.4 is 10.1 Å². The third kappa shape index (κ3) is 3.37. The number of ether oxygens (including phenoxy) is 2. The number of Topliss-reactive ketones (excluding diaryl/α,β-unsaturated/α-hetero) is 1. The number of anilines is 1. The van der Waals surface area contributed by atoms with Gasteiger partial charge in [0.1, 0.15) is 5.75 Å². The molecule has 6 nitrogen and oxygen atoms in total. The van der Waals surface area contributed by atoms with E-state index in [2.05, 4.69) is 5.32 Å². The molecule has 0 bridgehead atoms. The maximum absolute atomic E-state index is 12.4. The van der Waals surface area contributed by atoms with Crippen LogP contribution in [-0.4, -0.2) is 24.0 Å². The minimum atomic E-state index is -1.35. The van der Waals surface area contributed by atoms with Gasteiger partial charge in [0.2, 0.25) is 11.7 Å². The van der Waals surface area contributed by atoms with Gasteiger partial charge >= 0.3 is 5.97 Å². The van der Waals surface area contributed by atoms with Crippen molar-refractivity contribution in [2.24, 2.45) is 0 Å². The van der Waals surface area contributed by atoms with E-state index in [1.165, 1.54) is 13.2 Å². The molecule has 25 heavy (non-hydrogen) atoms. The van der Waals surface area contributed by atoms with E-state index in [1.807, 2.05) is 6.07 Å². The maximum Gasteiger partial charge on any atom is 0.345 e. The normalized spacial score (nSPS) is 15.2. The number of para-hydroxylation sites is 2. The van der Waals surface area contributed by atoms with Crippen LogP contribution in [0.3, 0.4) is 0 Å². The van der Waals surface area contributed by atoms with Gasteiger partial charge in [-0.3, -0.25) is 4.79 Å². The highest BCUT2D eigenvalue weighted by molar-refractivity contribution is 6.26. The van der Waals surface area contributed by atoms with Crippen LogP contribution in [0.5, 0.6) is 5.75 Å². The summed E-state index contributed by atoms with van der Waals surface area (Å²) in [5, 5.41) is 12.2. The quantitative estimate of drug-likeness (QED) is 0.644. The van der Waals surface area contributed by atoms with E-state index in [9.17, 15) is 14.7 Å². The summed E-state index contributed by atoms with van der Waals surface area (Å²) < 4.78 is 10.7. The molecule has 1 aliphatic rings. The highest BCUT2D eigenvalue weighted by atomic mass is 16.5. The Labute approximate surface area is 144 Å². The second kappa shape index (κ2) is 6.92. The first kappa shape index (κ1) is 16.3. The number of ketones is 1. The van der Waals surface area contributed by atoms with Gasteiger partial charge in [0.15, 0.2) is 11.3 Å². The second-order valence-electron chi connectivity index (χ2n) is 5.18. The lowest BCUT2D eigenvalue weighted by Crippen LogP contribution is -2.12. The number of hydrogen-bond acceptors (Lipinski definition) is 5. The zero-order chi connectivity index (χ0) is 17.8. The van der Waals surface area contributed by atoms with Crippen LogP contribution in [0, 0.1) is 0 Å². The first-order chi connectivity index (χ1) is 12.1. The number of carbonyl (C=O) groups excluding carboxylic acids is 1. The number of carbonyl (C=O) groups is 2. The van der Waals surface area contributed by atoms with Gasteiger partial charge < -0.3 is 19.9 Å². The van der Waals surface area contributed by atoms with E-state index in [0.29, 0.717) is 17.0 Å². The van der Waals surface area contributed by atoms with Crippen LogP contribution in [0.4, 0.5) is 5.69 Å². The van der Waals surface area contributed by atoms with Crippen molar-refractivity contribution < 1.29 is 24.2 Å². The molecular weight excluding hydrogens is 322 g/mol. The summed E-state index contributed by atoms with van der Waals surface area (Å²) >= 11 is 0. The van der Waals surface area contributed by atoms with Crippen molar-refractivity contribution in [1.29, 1.82) is 0 Å². The fourth-order valence-electron chi connectivity index (χ4n) is 2.39. The molecule has 0 spiro atoms. The summed E-state index contributed by atoms with van der Waals surface area (Å²) in [6.45, 7) is 0. The Kier molecular flexibility index (Phi) is 4.52. The first-order valence-electron chi connectivity index (χ1n) is 7.47. The number of carboxylic acids is 1. The lowest BCUT2D eigenvalue weighted by Gasteiger charge is -2.08. The van der Waals surface area contributed by atoms with E-state index in [-0.39, 0.29) is 11.6 Å². The van der Waals surface area contributed by atoms with Gasteiger partial charge in [0, 0.05) is 11.3 Å². The zero-order valence-corrected chi connectivity index (χ0v) is 13.4. The van der Waals surface area contributed by atoms with Crippen molar-refractivity contribution in [3.63, 3.8) is 0 Å². The van der Waals surface area contributed by atoms with Crippen molar-refractivity contribution >= 4 is 23.5 Å². The Bertz CT molecular complexity index is 884. The summed E-state index contributed by atoms with van der Waals surface area (Å²) in [6.07, 6.45) is 1.46. The molecule has 0 fully saturated rings. The minimum absolute atomic E-state index is 0.0830. The minimum Gasteiger partial charge on any atom is -0.496 e. The van der Waals surface area contributed by atoms with E-state index in [1.54, 1.807) is 48.5 Å².